The molecule has 1 fully saturated rings. The van der Waals surface area contributed by atoms with Gasteiger partial charge in [-0.2, -0.15) is 0 Å². The molecule has 0 unspecified atom stereocenters. The summed E-state index contributed by atoms with van der Waals surface area (Å²) in [6, 6.07) is 17.8. The summed E-state index contributed by atoms with van der Waals surface area (Å²) in [6.07, 6.45) is 6.08. The van der Waals surface area contributed by atoms with Crippen molar-refractivity contribution in [3.63, 3.8) is 0 Å². The van der Waals surface area contributed by atoms with Crippen molar-refractivity contribution in [3.05, 3.63) is 64.9 Å². The minimum atomic E-state index is -0.0660. The predicted molar refractivity (Wildman–Crippen MR) is 121 cm³/mol. The third kappa shape index (κ3) is 4.90. The van der Waals surface area contributed by atoms with Crippen LogP contribution in [0.15, 0.2) is 64.2 Å². The zero-order chi connectivity index (χ0) is 20.1. The van der Waals surface area contributed by atoms with E-state index in [-0.39, 0.29) is 11.7 Å². The molecule has 0 spiro atoms. The van der Waals surface area contributed by atoms with E-state index in [0.29, 0.717) is 5.92 Å². The van der Waals surface area contributed by atoms with Gasteiger partial charge in [0, 0.05) is 16.1 Å². The summed E-state index contributed by atoms with van der Waals surface area (Å²) >= 11 is 4.88. The van der Waals surface area contributed by atoms with Gasteiger partial charge in [-0.1, -0.05) is 61.4 Å². The Kier molecular flexibility index (Phi) is 6.67. The molecule has 0 atom stereocenters. The number of hydrogen-bond donors (Lipinski definition) is 1. The molecule has 150 valence electrons. The lowest BCUT2D eigenvalue weighted by Crippen LogP contribution is -2.15. The molecule has 1 aliphatic carbocycles. The Hall–Kier alpha value is -2.12. The smallest absolute Gasteiger partial charge is 0.234 e. The molecule has 5 nitrogen and oxygen atoms in total. The quantitative estimate of drug-likeness (QED) is 0.461. The largest absolute Gasteiger partial charge is 0.324 e. The van der Waals surface area contributed by atoms with E-state index in [9.17, 15) is 4.79 Å². The zero-order valence-electron chi connectivity index (χ0n) is 16.1. The molecule has 1 heterocycles. The topological polar surface area (TPSA) is 59.8 Å². The summed E-state index contributed by atoms with van der Waals surface area (Å²) in [5, 5.41) is 12.7. The SMILES string of the molecule is O=C(CSc1nnc(C2CCCCC2)n1-c1ccccc1)Nc1ccccc1Br. The van der Waals surface area contributed by atoms with Crippen LogP contribution in [0.3, 0.4) is 0 Å². The average molecular weight is 471 g/mol. The number of para-hydroxylation sites is 2. The first-order valence-electron chi connectivity index (χ1n) is 9.90. The number of nitrogens with zero attached hydrogens (tertiary/aromatic N) is 3. The fourth-order valence-electron chi connectivity index (χ4n) is 3.70. The fourth-order valence-corrected chi connectivity index (χ4v) is 4.84. The molecule has 1 N–H and O–H groups in total. The highest BCUT2D eigenvalue weighted by Gasteiger charge is 2.24. The number of amides is 1. The van der Waals surface area contributed by atoms with Gasteiger partial charge in [-0.25, -0.2) is 0 Å². The van der Waals surface area contributed by atoms with Gasteiger partial charge in [0.25, 0.3) is 0 Å². The molecule has 0 bridgehead atoms. The number of aromatic nitrogens is 3. The van der Waals surface area contributed by atoms with Crippen LogP contribution in [0.2, 0.25) is 0 Å². The van der Waals surface area contributed by atoms with Gasteiger partial charge in [-0.3, -0.25) is 9.36 Å². The molecule has 4 rings (SSSR count). The molecule has 1 aromatic heterocycles. The van der Waals surface area contributed by atoms with Gasteiger partial charge in [-0.05, 0) is 53.0 Å². The molecule has 7 heteroatoms. The second-order valence-electron chi connectivity index (χ2n) is 7.16. The van der Waals surface area contributed by atoms with Gasteiger partial charge in [0.15, 0.2) is 5.16 Å². The number of nitrogens with one attached hydrogen (secondary N) is 1. The summed E-state index contributed by atoms with van der Waals surface area (Å²) in [7, 11) is 0. The molecule has 2 aromatic carbocycles. The number of carbonyl (C=O) groups excluding carboxylic acids is 1. The van der Waals surface area contributed by atoms with E-state index in [4.69, 9.17) is 0 Å². The Bertz CT molecular complexity index is 970. The van der Waals surface area contributed by atoms with E-state index in [2.05, 4.69) is 48.1 Å². The van der Waals surface area contributed by atoms with Crippen LogP contribution in [0.4, 0.5) is 5.69 Å². The molecule has 0 radical (unpaired) electrons. The van der Waals surface area contributed by atoms with Gasteiger partial charge in [-0.15, -0.1) is 10.2 Å². The molecular weight excluding hydrogens is 448 g/mol. The van der Waals surface area contributed by atoms with E-state index in [1.807, 2.05) is 42.5 Å². The van der Waals surface area contributed by atoms with Crippen LogP contribution in [0.25, 0.3) is 5.69 Å². The highest BCUT2D eigenvalue weighted by atomic mass is 79.9. The minimum absolute atomic E-state index is 0.0660. The summed E-state index contributed by atoms with van der Waals surface area (Å²) in [4.78, 5) is 12.5. The lowest BCUT2D eigenvalue weighted by Gasteiger charge is -2.22. The van der Waals surface area contributed by atoms with Crippen LogP contribution in [0.1, 0.15) is 43.8 Å². The molecule has 1 saturated carbocycles. The van der Waals surface area contributed by atoms with Crippen molar-refractivity contribution >= 4 is 39.3 Å². The fraction of sp³-hybridized carbons (Fsp3) is 0.318. The highest BCUT2D eigenvalue weighted by Crippen LogP contribution is 2.35. The van der Waals surface area contributed by atoms with Crippen LogP contribution in [0, 0.1) is 0 Å². The number of hydrogen-bond acceptors (Lipinski definition) is 4. The Balaban J connectivity index is 1.53. The lowest BCUT2D eigenvalue weighted by atomic mass is 9.88. The van der Waals surface area contributed by atoms with Crippen LogP contribution < -0.4 is 5.32 Å². The van der Waals surface area contributed by atoms with E-state index >= 15 is 0 Å². The second kappa shape index (κ2) is 9.59. The van der Waals surface area contributed by atoms with E-state index < -0.39 is 0 Å². The van der Waals surface area contributed by atoms with Gasteiger partial charge in [0.05, 0.1) is 11.4 Å². The first-order valence-corrected chi connectivity index (χ1v) is 11.7. The Labute approximate surface area is 183 Å². The number of anilines is 1. The average Bonchev–Trinajstić information content (AvgIpc) is 3.19. The van der Waals surface area contributed by atoms with Crippen molar-refractivity contribution in [2.45, 2.75) is 43.2 Å². The number of halogens is 1. The maximum absolute atomic E-state index is 12.5. The second-order valence-corrected chi connectivity index (χ2v) is 8.96. The van der Waals surface area contributed by atoms with Crippen molar-refractivity contribution < 1.29 is 4.79 Å². The number of carbonyl (C=O) groups is 1. The molecule has 29 heavy (non-hydrogen) atoms. The monoisotopic (exact) mass is 470 g/mol. The molecule has 3 aromatic rings. The summed E-state index contributed by atoms with van der Waals surface area (Å²) in [5.41, 5.74) is 1.82. The molecule has 1 amide bonds. The minimum Gasteiger partial charge on any atom is -0.324 e. The maximum Gasteiger partial charge on any atom is 0.234 e. The molecule has 0 aliphatic heterocycles. The maximum atomic E-state index is 12.5. The zero-order valence-corrected chi connectivity index (χ0v) is 18.5. The van der Waals surface area contributed by atoms with Crippen molar-refractivity contribution in [2.24, 2.45) is 0 Å². The molecular formula is C22H23BrN4OS. The summed E-state index contributed by atoms with van der Waals surface area (Å²) in [5.74, 6) is 1.66. The van der Waals surface area contributed by atoms with Gasteiger partial charge < -0.3 is 5.32 Å². The normalized spacial score (nSPS) is 14.7. The van der Waals surface area contributed by atoms with Crippen LogP contribution >= 0.6 is 27.7 Å². The van der Waals surface area contributed by atoms with Crippen LogP contribution in [-0.2, 0) is 4.79 Å². The summed E-state index contributed by atoms with van der Waals surface area (Å²) < 4.78 is 3.00. The molecule has 1 aliphatic rings. The van der Waals surface area contributed by atoms with Gasteiger partial charge >= 0.3 is 0 Å². The first kappa shape index (κ1) is 20.2. The number of benzene rings is 2. The first-order chi connectivity index (χ1) is 14.2. The number of thioether (sulfide) groups is 1. The standard InChI is InChI=1S/C22H23BrN4OS/c23-18-13-7-8-14-19(18)24-20(28)15-29-22-26-25-21(16-9-3-1-4-10-16)27(22)17-11-5-2-6-12-17/h2,5-8,11-14,16H,1,3-4,9-10,15H2,(H,24,28). The van der Waals surface area contributed by atoms with Gasteiger partial charge in [0.2, 0.25) is 5.91 Å². The Morgan fingerprint density at radius 3 is 2.52 bits per heavy atom. The number of rotatable bonds is 6. The van der Waals surface area contributed by atoms with Crippen molar-refractivity contribution in [1.29, 1.82) is 0 Å². The van der Waals surface area contributed by atoms with Crippen molar-refractivity contribution in [3.8, 4) is 5.69 Å². The molecule has 0 saturated heterocycles. The Morgan fingerprint density at radius 2 is 1.76 bits per heavy atom. The Morgan fingerprint density at radius 1 is 1.03 bits per heavy atom. The van der Waals surface area contributed by atoms with Crippen molar-refractivity contribution in [2.75, 3.05) is 11.1 Å². The third-order valence-corrected chi connectivity index (χ3v) is 6.74. The predicted octanol–water partition coefficient (Wildman–Crippen LogP) is 5.81. The van der Waals surface area contributed by atoms with Gasteiger partial charge in [0.1, 0.15) is 5.82 Å². The summed E-state index contributed by atoms with van der Waals surface area (Å²) in [6.45, 7) is 0. The third-order valence-electron chi connectivity index (χ3n) is 5.12. The van der Waals surface area contributed by atoms with E-state index in [1.165, 1.54) is 31.0 Å². The van der Waals surface area contributed by atoms with E-state index in [0.717, 1.165) is 39.7 Å². The van der Waals surface area contributed by atoms with Crippen LogP contribution in [0.5, 0.6) is 0 Å². The van der Waals surface area contributed by atoms with E-state index in [1.54, 1.807) is 0 Å². The highest BCUT2D eigenvalue weighted by molar-refractivity contribution is 9.10. The van der Waals surface area contributed by atoms with Crippen molar-refractivity contribution in [1.82, 2.24) is 14.8 Å². The van der Waals surface area contributed by atoms with Crippen LogP contribution in [-0.4, -0.2) is 26.4 Å². The lowest BCUT2D eigenvalue weighted by molar-refractivity contribution is -0.113.